The molecule has 1 atom stereocenters. The molecule has 4 aromatic rings. The fraction of sp³-hybridized carbons (Fsp3) is 0.240. The van der Waals surface area contributed by atoms with Crippen LogP contribution < -0.4 is 10.3 Å². The van der Waals surface area contributed by atoms with Gasteiger partial charge in [-0.15, -0.1) is 11.3 Å². The molecule has 0 N–H and O–H groups in total. The van der Waals surface area contributed by atoms with Crippen LogP contribution in [0.5, 0.6) is 0 Å². The molecule has 1 aliphatic heterocycles. The molecule has 2 aromatic heterocycles. The molecular weight excluding hydrogens is 408 g/mol. The zero-order valence-corrected chi connectivity index (χ0v) is 18.6. The fourth-order valence-corrected chi connectivity index (χ4v) is 4.81. The molecule has 5 rings (SSSR count). The van der Waals surface area contributed by atoms with E-state index in [-0.39, 0.29) is 17.1 Å². The van der Waals surface area contributed by atoms with E-state index < -0.39 is 6.04 Å². The zero-order chi connectivity index (χ0) is 21.9. The summed E-state index contributed by atoms with van der Waals surface area (Å²) >= 11 is 1.37. The Morgan fingerprint density at radius 2 is 1.77 bits per heavy atom. The average molecular weight is 431 g/mol. The fourth-order valence-electron chi connectivity index (χ4n) is 4.14. The Bertz CT molecular complexity index is 1370. The smallest absolute Gasteiger partial charge is 0.297 e. The molecule has 0 saturated heterocycles. The Hall–Kier alpha value is -3.25. The summed E-state index contributed by atoms with van der Waals surface area (Å²) in [6.45, 7) is 8.20. The van der Waals surface area contributed by atoms with Crippen molar-refractivity contribution in [2.24, 2.45) is 0 Å². The van der Waals surface area contributed by atoms with Gasteiger partial charge in [-0.1, -0.05) is 38.1 Å². The second-order valence-corrected chi connectivity index (χ2v) is 9.19. The van der Waals surface area contributed by atoms with Gasteiger partial charge in [0.25, 0.3) is 5.91 Å². The lowest BCUT2D eigenvalue weighted by atomic mass is 9.95. The minimum Gasteiger partial charge on any atom is -0.450 e. The van der Waals surface area contributed by atoms with E-state index in [1.807, 2.05) is 43.5 Å². The molecular formula is C25H22N2O3S. The Morgan fingerprint density at radius 3 is 2.42 bits per heavy atom. The first-order chi connectivity index (χ1) is 14.9. The predicted octanol–water partition coefficient (Wildman–Crippen LogP) is 5.74. The molecule has 0 bridgehead atoms. The van der Waals surface area contributed by atoms with Gasteiger partial charge in [0.1, 0.15) is 5.58 Å². The molecule has 0 fully saturated rings. The van der Waals surface area contributed by atoms with Crippen molar-refractivity contribution in [1.82, 2.24) is 4.98 Å². The second kappa shape index (κ2) is 7.17. The van der Waals surface area contributed by atoms with Gasteiger partial charge in [-0.3, -0.25) is 14.5 Å². The topological polar surface area (TPSA) is 63.4 Å². The lowest BCUT2D eigenvalue weighted by molar-refractivity contribution is 0.0971. The van der Waals surface area contributed by atoms with Crippen molar-refractivity contribution in [3.8, 4) is 0 Å². The maximum Gasteiger partial charge on any atom is 0.297 e. The van der Waals surface area contributed by atoms with Gasteiger partial charge in [0.05, 0.1) is 17.0 Å². The highest BCUT2D eigenvalue weighted by atomic mass is 32.1. The summed E-state index contributed by atoms with van der Waals surface area (Å²) in [5.74, 6) is 0.163. The SMILES string of the molecule is Cc1cc2oc3c(c(=O)c2cc1C)C(c1ccc(C(C)C)cc1)N(c1nccs1)C3=O. The van der Waals surface area contributed by atoms with Crippen molar-refractivity contribution in [1.29, 1.82) is 0 Å². The Labute approximate surface area is 184 Å². The lowest BCUT2D eigenvalue weighted by Crippen LogP contribution is -2.29. The highest BCUT2D eigenvalue weighted by molar-refractivity contribution is 7.13. The van der Waals surface area contributed by atoms with Crippen LogP contribution in [-0.4, -0.2) is 10.9 Å². The average Bonchev–Trinajstić information content (AvgIpc) is 3.36. The summed E-state index contributed by atoms with van der Waals surface area (Å²) in [6.07, 6.45) is 1.66. The van der Waals surface area contributed by atoms with Crippen molar-refractivity contribution in [3.63, 3.8) is 0 Å². The van der Waals surface area contributed by atoms with Crippen LogP contribution >= 0.6 is 11.3 Å². The van der Waals surface area contributed by atoms with Gasteiger partial charge in [-0.05, 0) is 54.2 Å². The number of thiazole rings is 1. The van der Waals surface area contributed by atoms with Gasteiger partial charge in [0.15, 0.2) is 10.6 Å². The third kappa shape index (κ3) is 3.01. The minimum atomic E-state index is -0.572. The molecule has 2 aromatic carbocycles. The number of rotatable bonds is 3. The van der Waals surface area contributed by atoms with Gasteiger partial charge in [0, 0.05) is 11.6 Å². The summed E-state index contributed by atoms with van der Waals surface area (Å²) in [6, 6.07) is 11.2. The lowest BCUT2D eigenvalue weighted by Gasteiger charge is -2.23. The Kier molecular flexibility index (Phi) is 4.55. The highest BCUT2D eigenvalue weighted by Gasteiger charge is 2.44. The molecule has 156 valence electrons. The van der Waals surface area contributed by atoms with Crippen LogP contribution in [0.15, 0.2) is 57.2 Å². The number of carbonyl (C=O) groups is 1. The molecule has 5 nitrogen and oxygen atoms in total. The van der Waals surface area contributed by atoms with Gasteiger partial charge >= 0.3 is 0 Å². The van der Waals surface area contributed by atoms with Crippen LogP contribution in [0.2, 0.25) is 0 Å². The van der Waals surface area contributed by atoms with Crippen LogP contribution in [0.4, 0.5) is 5.13 Å². The maximum absolute atomic E-state index is 13.6. The standard InChI is InChI=1S/C25H22N2O3S/c1-13(2)16-5-7-17(8-6-16)21-20-22(28)18-11-14(3)15(4)12-19(18)30-23(20)24(29)27(21)25-26-9-10-31-25/h5-13,21H,1-4H3. The number of amides is 1. The van der Waals surface area contributed by atoms with Crippen molar-refractivity contribution >= 4 is 33.3 Å². The second-order valence-electron chi connectivity index (χ2n) is 8.32. The van der Waals surface area contributed by atoms with E-state index >= 15 is 0 Å². The van der Waals surface area contributed by atoms with E-state index in [1.165, 1.54) is 16.9 Å². The zero-order valence-electron chi connectivity index (χ0n) is 17.8. The molecule has 0 spiro atoms. The van der Waals surface area contributed by atoms with Gasteiger partial charge < -0.3 is 4.42 Å². The molecule has 1 amide bonds. The molecule has 3 heterocycles. The normalized spacial score (nSPS) is 15.8. The summed E-state index contributed by atoms with van der Waals surface area (Å²) in [5.41, 5.74) is 4.75. The third-order valence-electron chi connectivity index (χ3n) is 6.03. The number of anilines is 1. The third-order valence-corrected chi connectivity index (χ3v) is 6.80. The van der Waals surface area contributed by atoms with Crippen molar-refractivity contribution in [2.45, 2.75) is 39.7 Å². The molecule has 31 heavy (non-hydrogen) atoms. The summed E-state index contributed by atoms with van der Waals surface area (Å²) in [7, 11) is 0. The van der Waals surface area contributed by atoms with E-state index in [2.05, 4.69) is 31.0 Å². The van der Waals surface area contributed by atoms with Crippen LogP contribution in [0.25, 0.3) is 11.0 Å². The minimum absolute atomic E-state index is 0.105. The van der Waals surface area contributed by atoms with Crippen LogP contribution in [-0.2, 0) is 0 Å². The number of aromatic nitrogens is 1. The molecule has 0 aliphatic carbocycles. The van der Waals surface area contributed by atoms with E-state index in [4.69, 9.17) is 4.42 Å². The first-order valence-electron chi connectivity index (χ1n) is 10.3. The summed E-state index contributed by atoms with van der Waals surface area (Å²) < 4.78 is 6.06. The first-order valence-corrected chi connectivity index (χ1v) is 11.2. The molecule has 6 heteroatoms. The van der Waals surface area contributed by atoms with Crippen LogP contribution in [0.1, 0.15) is 64.2 Å². The van der Waals surface area contributed by atoms with Crippen LogP contribution in [0.3, 0.4) is 0 Å². The van der Waals surface area contributed by atoms with Crippen molar-refractivity contribution in [3.05, 3.63) is 91.8 Å². The van der Waals surface area contributed by atoms with Gasteiger partial charge in [0.2, 0.25) is 5.76 Å². The number of hydrogen-bond acceptors (Lipinski definition) is 5. The number of fused-ring (bicyclic) bond motifs is 2. The van der Waals surface area contributed by atoms with Crippen LogP contribution in [0, 0.1) is 13.8 Å². The molecule has 0 radical (unpaired) electrons. The molecule has 1 aliphatic rings. The number of benzene rings is 2. The van der Waals surface area contributed by atoms with E-state index in [9.17, 15) is 9.59 Å². The molecule has 0 saturated carbocycles. The predicted molar refractivity (Wildman–Crippen MR) is 123 cm³/mol. The van der Waals surface area contributed by atoms with Crippen molar-refractivity contribution in [2.75, 3.05) is 4.90 Å². The largest absolute Gasteiger partial charge is 0.450 e. The Morgan fingerprint density at radius 1 is 1.06 bits per heavy atom. The highest BCUT2D eigenvalue weighted by Crippen LogP contribution is 2.42. The van der Waals surface area contributed by atoms with Gasteiger partial charge in [-0.2, -0.15) is 0 Å². The van der Waals surface area contributed by atoms with Crippen molar-refractivity contribution < 1.29 is 9.21 Å². The Balaban J connectivity index is 1.79. The maximum atomic E-state index is 13.6. The molecule has 1 unspecified atom stereocenters. The number of hydrogen-bond donors (Lipinski definition) is 0. The monoisotopic (exact) mass is 430 g/mol. The first kappa shape index (κ1) is 19.7. The van der Waals surface area contributed by atoms with E-state index in [0.717, 1.165) is 16.7 Å². The van der Waals surface area contributed by atoms with E-state index in [0.29, 0.717) is 27.6 Å². The number of aryl methyl sites for hydroxylation is 2. The van der Waals surface area contributed by atoms with Gasteiger partial charge in [-0.25, -0.2) is 4.98 Å². The van der Waals surface area contributed by atoms with E-state index in [1.54, 1.807) is 11.1 Å². The quantitative estimate of drug-likeness (QED) is 0.416. The number of nitrogens with zero attached hydrogens (tertiary/aromatic N) is 2. The summed E-state index contributed by atoms with van der Waals surface area (Å²) in [5, 5.41) is 2.87. The number of carbonyl (C=O) groups excluding carboxylic acids is 1. The summed E-state index contributed by atoms with van der Waals surface area (Å²) in [4.78, 5) is 33.1.